The first-order valence-corrected chi connectivity index (χ1v) is 9.91. The lowest BCUT2D eigenvalue weighted by molar-refractivity contribution is -0.118. The van der Waals surface area contributed by atoms with Crippen molar-refractivity contribution in [3.63, 3.8) is 0 Å². The molecule has 4 heteroatoms. The number of nitrogens with one attached hydrogen (secondary N) is 2. The number of hydrogen-bond donors (Lipinski definition) is 2. The number of fused-ring (bicyclic) bond motifs is 1. The summed E-state index contributed by atoms with van der Waals surface area (Å²) in [5.74, 6) is 0.234. The summed E-state index contributed by atoms with van der Waals surface area (Å²) in [5, 5.41) is 7.26. The summed E-state index contributed by atoms with van der Waals surface area (Å²) in [6, 6.07) is 14.7. The second-order valence-electron chi connectivity index (χ2n) is 9.07. The van der Waals surface area contributed by atoms with Crippen molar-refractivity contribution in [2.24, 2.45) is 5.41 Å². The third kappa shape index (κ3) is 3.39. The standard InChI is InChI=1S/C24H29N3O/c1-15-6-11-18-19(12-15)26-23(16-7-9-17(10-8-16)27(4)5)22-20(25-18)13-24(2,3)14-21(22)28/h6-12,23,25-26H,13-14H2,1-5H3/t23-/m1/s1. The molecule has 1 aliphatic carbocycles. The molecule has 0 aromatic heterocycles. The Morgan fingerprint density at radius 1 is 1.00 bits per heavy atom. The summed E-state index contributed by atoms with van der Waals surface area (Å²) < 4.78 is 0. The van der Waals surface area contributed by atoms with Crippen LogP contribution in [0.5, 0.6) is 0 Å². The Hall–Kier alpha value is -2.75. The van der Waals surface area contributed by atoms with Crippen molar-refractivity contribution in [3.05, 3.63) is 64.9 Å². The van der Waals surface area contributed by atoms with Crippen molar-refractivity contribution in [2.75, 3.05) is 29.6 Å². The van der Waals surface area contributed by atoms with E-state index in [0.29, 0.717) is 6.42 Å². The Labute approximate surface area is 167 Å². The van der Waals surface area contributed by atoms with Crippen LogP contribution in [-0.2, 0) is 4.79 Å². The van der Waals surface area contributed by atoms with Crippen LogP contribution < -0.4 is 15.5 Å². The van der Waals surface area contributed by atoms with Gasteiger partial charge < -0.3 is 15.5 Å². The van der Waals surface area contributed by atoms with Crippen molar-refractivity contribution < 1.29 is 4.79 Å². The smallest absolute Gasteiger partial charge is 0.163 e. The quantitative estimate of drug-likeness (QED) is 0.749. The van der Waals surface area contributed by atoms with Gasteiger partial charge in [-0.05, 0) is 54.2 Å². The zero-order valence-corrected chi connectivity index (χ0v) is 17.4. The van der Waals surface area contributed by atoms with Gasteiger partial charge in [-0.3, -0.25) is 4.79 Å². The third-order valence-electron chi connectivity index (χ3n) is 5.71. The highest BCUT2D eigenvalue weighted by Gasteiger charge is 2.38. The maximum atomic E-state index is 13.2. The highest BCUT2D eigenvalue weighted by Crippen LogP contribution is 2.45. The number of aryl methyl sites for hydroxylation is 1. The molecule has 28 heavy (non-hydrogen) atoms. The summed E-state index contributed by atoms with van der Waals surface area (Å²) in [4.78, 5) is 15.3. The van der Waals surface area contributed by atoms with Gasteiger partial charge in [0.15, 0.2) is 5.78 Å². The Kier molecular flexibility index (Phi) is 4.45. The second kappa shape index (κ2) is 6.69. The molecule has 146 valence electrons. The number of Topliss-reactive ketones (excluding diaryl/α,β-unsaturated/α-hetero) is 1. The topological polar surface area (TPSA) is 44.4 Å². The first-order chi connectivity index (χ1) is 13.2. The largest absolute Gasteiger partial charge is 0.378 e. The minimum atomic E-state index is -0.148. The molecule has 2 aromatic carbocycles. The minimum absolute atomic E-state index is 0.0303. The highest BCUT2D eigenvalue weighted by atomic mass is 16.1. The Morgan fingerprint density at radius 3 is 2.39 bits per heavy atom. The summed E-state index contributed by atoms with van der Waals surface area (Å²) in [5.41, 5.74) is 7.44. The van der Waals surface area contributed by atoms with Crippen molar-refractivity contribution in [1.29, 1.82) is 0 Å². The molecule has 1 heterocycles. The number of carbonyl (C=O) groups excluding carboxylic acids is 1. The molecule has 0 fully saturated rings. The number of carbonyl (C=O) groups is 1. The van der Waals surface area contributed by atoms with E-state index < -0.39 is 0 Å². The summed E-state index contributed by atoms with van der Waals surface area (Å²) >= 11 is 0. The zero-order valence-electron chi connectivity index (χ0n) is 17.4. The lowest BCUT2D eigenvalue weighted by atomic mass is 9.73. The van der Waals surface area contributed by atoms with Gasteiger partial charge in [0.2, 0.25) is 0 Å². The maximum absolute atomic E-state index is 13.2. The fraction of sp³-hybridized carbons (Fsp3) is 0.375. The summed E-state index contributed by atoms with van der Waals surface area (Å²) in [7, 11) is 4.07. The van der Waals surface area contributed by atoms with Crippen LogP contribution in [0, 0.1) is 12.3 Å². The lowest BCUT2D eigenvalue weighted by Crippen LogP contribution is -2.31. The van der Waals surface area contributed by atoms with E-state index in [1.807, 2.05) is 14.1 Å². The first kappa shape index (κ1) is 18.6. The summed E-state index contributed by atoms with van der Waals surface area (Å²) in [6.07, 6.45) is 1.45. The SMILES string of the molecule is Cc1ccc2c(c1)N[C@H](c1ccc(N(C)C)cc1)C1=C(CC(C)(C)CC1=O)N2. The number of ketones is 1. The van der Waals surface area contributed by atoms with Crippen LogP contribution in [0.4, 0.5) is 17.1 Å². The van der Waals surface area contributed by atoms with Crippen LogP contribution in [0.25, 0.3) is 0 Å². The molecule has 0 unspecified atom stereocenters. The van der Waals surface area contributed by atoms with Crippen LogP contribution in [-0.4, -0.2) is 19.9 Å². The van der Waals surface area contributed by atoms with Crippen molar-refractivity contribution in [1.82, 2.24) is 0 Å². The van der Waals surface area contributed by atoms with Gasteiger partial charge >= 0.3 is 0 Å². The number of benzene rings is 2. The predicted octanol–water partition coefficient (Wildman–Crippen LogP) is 5.28. The van der Waals surface area contributed by atoms with E-state index in [2.05, 4.69) is 78.8 Å². The van der Waals surface area contributed by atoms with Gasteiger partial charge in [-0.1, -0.05) is 32.0 Å². The average molecular weight is 376 g/mol. The predicted molar refractivity (Wildman–Crippen MR) is 117 cm³/mol. The molecule has 4 nitrogen and oxygen atoms in total. The molecule has 0 amide bonds. The van der Waals surface area contributed by atoms with Crippen molar-refractivity contribution in [3.8, 4) is 0 Å². The molecule has 2 N–H and O–H groups in total. The summed E-state index contributed by atoms with van der Waals surface area (Å²) in [6.45, 7) is 6.44. The molecule has 0 radical (unpaired) electrons. The third-order valence-corrected chi connectivity index (χ3v) is 5.71. The van der Waals surface area contributed by atoms with Crippen LogP contribution in [0.2, 0.25) is 0 Å². The van der Waals surface area contributed by atoms with Crippen molar-refractivity contribution >= 4 is 22.8 Å². The first-order valence-electron chi connectivity index (χ1n) is 9.91. The molecule has 1 aliphatic heterocycles. The molecule has 0 spiro atoms. The van der Waals surface area contributed by atoms with Gasteiger partial charge in [0, 0.05) is 37.5 Å². The fourth-order valence-electron chi connectivity index (χ4n) is 4.27. The van der Waals surface area contributed by atoms with Gasteiger partial charge in [0.1, 0.15) is 0 Å². The van der Waals surface area contributed by atoms with E-state index in [4.69, 9.17) is 0 Å². The monoisotopic (exact) mass is 375 g/mol. The number of anilines is 3. The number of allylic oxidation sites excluding steroid dienone is 1. The molecule has 2 aromatic rings. The van der Waals surface area contributed by atoms with Crippen LogP contribution in [0.3, 0.4) is 0 Å². The normalized spacial score (nSPS) is 20.5. The Bertz CT molecular complexity index is 954. The van der Waals surface area contributed by atoms with E-state index >= 15 is 0 Å². The molecule has 4 rings (SSSR count). The van der Waals surface area contributed by atoms with Gasteiger partial charge in [-0.15, -0.1) is 0 Å². The van der Waals surface area contributed by atoms with Crippen LogP contribution in [0.15, 0.2) is 53.7 Å². The van der Waals surface area contributed by atoms with Gasteiger partial charge in [0.05, 0.1) is 17.4 Å². The number of hydrogen-bond acceptors (Lipinski definition) is 4. The van der Waals surface area contributed by atoms with Gasteiger partial charge in [0.25, 0.3) is 0 Å². The van der Waals surface area contributed by atoms with E-state index in [1.54, 1.807) is 0 Å². The van der Waals surface area contributed by atoms with Gasteiger partial charge in [-0.25, -0.2) is 0 Å². The molecule has 2 aliphatic rings. The van der Waals surface area contributed by atoms with E-state index in [1.165, 1.54) is 5.56 Å². The molecular formula is C24H29N3O. The molecule has 0 bridgehead atoms. The Morgan fingerprint density at radius 2 is 1.71 bits per heavy atom. The molecule has 0 saturated heterocycles. The lowest BCUT2D eigenvalue weighted by Gasteiger charge is -2.34. The van der Waals surface area contributed by atoms with Crippen LogP contribution in [0.1, 0.15) is 43.9 Å². The highest BCUT2D eigenvalue weighted by molar-refractivity contribution is 6.01. The maximum Gasteiger partial charge on any atom is 0.163 e. The van der Waals surface area contributed by atoms with E-state index in [9.17, 15) is 4.79 Å². The van der Waals surface area contributed by atoms with E-state index in [-0.39, 0.29) is 17.2 Å². The fourth-order valence-corrected chi connectivity index (χ4v) is 4.27. The van der Waals surface area contributed by atoms with Crippen LogP contribution >= 0.6 is 0 Å². The average Bonchev–Trinajstić information content (AvgIpc) is 2.77. The second-order valence-corrected chi connectivity index (χ2v) is 9.07. The minimum Gasteiger partial charge on any atom is -0.378 e. The molecule has 0 saturated carbocycles. The molecule has 1 atom stereocenters. The van der Waals surface area contributed by atoms with Gasteiger partial charge in [-0.2, -0.15) is 0 Å². The number of nitrogens with zero attached hydrogens (tertiary/aromatic N) is 1. The van der Waals surface area contributed by atoms with E-state index in [0.717, 1.165) is 40.3 Å². The molecular weight excluding hydrogens is 346 g/mol. The Balaban J connectivity index is 1.84. The zero-order chi connectivity index (χ0) is 20.1. The number of rotatable bonds is 2. The van der Waals surface area contributed by atoms with Crippen molar-refractivity contribution in [2.45, 2.75) is 39.7 Å².